The van der Waals surface area contributed by atoms with E-state index in [0.29, 0.717) is 12.3 Å². The predicted molar refractivity (Wildman–Crippen MR) is 88.7 cm³/mol. The van der Waals surface area contributed by atoms with Crippen LogP contribution in [-0.4, -0.2) is 12.5 Å². The summed E-state index contributed by atoms with van der Waals surface area (Å²) >= 11 is 0. The van der Waals surface area contributed by atoms with E-state index in [2.05, 4.69) is 31.3 Å². The van der Waals surface area contributed by atoms with Gasteiger partial charge in [0.1, 0.15) is 0 Å². The summed E-state index contributed by atoms with van der Waals surface area (Å²) < 4.78 is 0. The van der Waals surface area contributed by atoms with Crippen molar-refractivity contribution in [3.63, 3.8) is 0 Å². The summed E-state index contributed by atoms with van der Waals surface area (Å²) in [5, 5.41) is 3.06. The summed E-state index contributed by atoms with van der Waals surface area (Å²) in [6.07, 6.45) is 14.1. The predicted octanol–water partition coefficient (Wildman–Crippen LogP) is 5.01. The molecule has 0 aliphatic heterocycles. The van der Waals surface area contributed by atoms with Crippen molar-refractivity contribution in [2.24, 2.45) is 5.92 Å². The van der Waals surface area contributed by atoms with Gasteiger partial charge in [-0.15, -0.1) is 0 Å². The first-order valence-electron chi connectivity index (χ1n) is 8.25. The second-order valence-electron chi connectivity index (χ2n) is 5.36. The van der Waals surface area contributed by atoms with E-state index in [9.17, 15) is 4.79 Å². The first-order chi connectivity index (χ1) is 9.69. The molecule has 0 radical (unpaired) electrons. The Labute approximate surface area is 125 Å². The molecule has 0 aliphatic rings. The van der Waals surface area contributed by atoms with Gasteiger partial charge < -0.3 is 5.32 Å². The second-order valence-corrected chi connectivity index (χ2v) is 5.36. The van der Waals surface area contributed by atoms with Gasteiger partial charge in [0.25, 0.3) is 0 Å². The Hall–Kier alpha value is -1.05. The number of unbranched alkanes of at least 4 members (excludes halogenated alkanes) is 4. The van der Waals surface area contributed by atoms with E-state index < -0.39 is 0 Å². The SMILES string of the molecule is CC=CC(=CC)C(CC)CC(=O)NCCCCCCC. The van der Waals surface area contributed by atoms with Crippen molar-refractivity contribution in [2.75, 3.05) is 6.54 Å². The highest BCUT2D eigenvalue weighted by Gasteiger charge is 2.14. The number of hydrogen-bond donors (Lipinski definition) is 1. The van der Waals surface area contributed by atoms with E-state index in [0.717, 1.165) is 19.4 Å². The van der Waals surface area contributed by atoms with Crippen LogP contribution >= 0.6 is 0 Å². The molecule has 0 fully saturated rings. The van der Waals surface area contributed by atoms with Gasteiger partial charge in [-0.1, -0.05) is 57.8 Å². The lowest BCUT2D eigenvalue weighted by Gasteiger charge is -2.16. The Morgan fingerprint density at radius 2 is 1.80 bits per heavy atom. The molecule has 0 rings (SSSR count). The third kappa shape index (κ3) is 8.95. The highest BCUT2D eigenvalue weighted by molar-refractivity contribution is 5.76. The fourth-order valence-electron chi connectivity index (χ4n) is 2.41. The molecule has 1 unspecified atom stereocenters. The molecule has 0 aromatic heterocycles. The number of rotatable bonds is 11. The Balaban J connectivity index is 3.98. The summed E-state index contributed by atoms with van der Waals surface area (Å²) in [5.41, 5.74) is 1.27. The number of hydrogen-bond acceptors (Lipinski definition) is 1. The Kier molecular flexibility index (Phi) is 12.3. The fourth-order valence-corrected chi connectivity index (χ4v) is 2.41. The van der Waals surface area contributed by atoms with Gasteiger partial charge in [0.05, 0.1) is 0 Å². The van der Waals surface area contributed by atoms with Gasteiger partial charge in [0, 0.05) is 13.0 Å². The first-order valence-corrected chi connectivity index (χ1v) is 8.25. The van der Waals surface area contributed by atoms with Gasteiger partial charge >= 0.3 is 0 Å². The molecule has 0 spiro atoms. The van der Waals surface area contributed by atoms with E-state index in [-0.39, 0.29) is 5.91 Å². The molecule has 1 N–H and O–H groups in total. The minimum absolute atomic E-state index is 0.191. The van der Waals surface area contributed by atoms with Gasteiger partial charge in [-0.3, -0.25) is 4.79 Å². The van der Waals surface area contributed by atoms with Crippen LogP contribution in [0, 0.1) is 5.92 Å². The molecule has 2 heteroatoms. The van der Waals surface area contributed by atoms with Crippen LogP contribution in [0.1, 0.15) is 72.6 Å². The molecular weight excluding hydrogens is 246 g/mol. The third-order valence-corrected chi connectivity index (χ3v) is 3.69. The topological polar surface area (TPSA) is 29.1 Å². The Bertz CT molecular complexity index is 305. The average molecular weight is 279 g/mol. The van der Waals surface area contributed by atoms with Crippen molar-refractivity contribution < 1.29 is 4.79 Å². The fraction of sp³-hybridized carbons (Fsp3) is 0.722. The van der Waals surface area contributed by atoms with Crippen LogP contribution in [0.2, 0.25) is 0 Å². The molecule has 0 heterocycles. The molecule has 1 amide bonds. The summed E-state index contributed by atoms with van der Waals surface area (Å²) in [7, 11) is 0. The smallest absolute Gasteiger partial charge is 0.220 e. The molecule has 0 aromatic carbocycles. The highest BCUT2D eigenvalue weighted by atomic mass is 16.1. The van der Waals surface area contributed by atoms with Crippen LogP contribution < -0.4 is 5.32 Å². The summed E-state index contributed by atoms with van der Waals surface area (Å²) in [4.78, 5) is 12.0. The molecule has 116 valence electrons. The number of allylic oxidation sites excluding steroid dienone is 4. The summed E-state index contributed by atoms with van der Waals surface area (Å²) in [6, 6.07) is 0. The zero-order valence-electron chi connectivity index (χ0n) is 13.9. The molecule has 0 aliphatic carbocycles. The van der Waals surface area contributed by atoms with Crippen molar-refractivity contribution in [1.29, 1.82) is 0 Å². The lowest BCUT2D eigenvalue weighted by Crippen LogP contribution is -2.26. The van der Waals surface area contributed by atoms with Gasteiger partial charge in [-0.25, -0.2) is 0 Å². The zero-order chi connectivity index (χ0) is 15.2. The van der Waals surface area contributed by atoms with E-state index in [4.69, 9.17) is 0 Å². The molecule has 0 aromatic rings. The molecule has 0 saturated carbocycles. The van der Waals surface area contributed by atoms with Crippen LogP contribution in [0.4, 0.5) is 0 Å². The monoisotopic (exact) mass is 279 g/mol. The van der Waals surface area contributed by atoms with Crippen LogP contribution in [-0.2, 0) is 4.79 Å². The highest BCUT2D eigenvalue weighted by Crippen LogP contribution is 2.20. The van der Waals surface area contributed by atoms with Gasteiger partial charge in [0.2, 0.25) is 5.91 Å². The minimum Gasteiger partial charge on any atom is -0.356 e. The number of amides is 1. The molecule has 20 heavy (non-hydrogen) atoms. The number of carbonyl (C=O) groups excluding carboxylic acids is 1. The van der Waals surface area contributed by atoms with E-state index in [1.165, 1.54) is 31.3 Å². The number of carbonyl (C=O) groups is 1. The Morgan fingerprint density at radius 3 is 2.35 bits per heavy atom. The maximum Gasteiger partial charge on any atom is 0.220 e. The van der Waals surface area contributed by atoms with Crippen molar-refractivity contribution in [3.8, 4) is 0 Å². The lowest BCUT2D eigenvalue weighted by atomic mass is 9.92. The van der Waals surface area contributed by atoms with Gasteiger partial charge in [0.15, 0.2) is 0 Å². The third-order valence-electron chi connectivity index (χ3n) is 3.69. The van der Waals surface area contributed by atoms with Crippen LogP contribution in [0.15, 0.2) is 23.8 Å². The summed E-state index contributed by atoms with van der Waals surface area (Å²) in [5.74, 6) is 0.535. The summed E-state index contributed by atoms with van der Waals surface area (Å²) in [6.45, 7) is 9.26. The van der Waals surface area contributed by atoms with Gasteiger partial charge in [-0.05, 0) is 38.2 Å². The average Bonchev–Trinajstić information content (AvgIpc) is 2.46. The zero-order valence-corrected chi connectivity index (χ0v) is 13.9. The van der Waals surface area contributed by atoms with Crippen molar-refractivity contribution in [3.05, 3.63) is 23.8 Å². The van der Waals surface area contributed by atoms with Crippen LogP contribution in [0.3, 0.4) is 0 Å². The van der Waals surface area contributed by atoms with Crippen molar-refractivity contribution in [2.45, 2.75) is 72.6 Å². The van der Waals surface area contributed by atoms with Gasteiger partial charge in [-0.2, -0.15) is 0 Å². The van der Waals surface area contributed by atoms with Crippen LogP contribution in [0.5, 0.6) is 0 Å². The number of nitrogens with one attached hydrogen (secondary N) is 1. The van der Waals surface area contributed by atoms with E-state index >= 15 is 0 Å². The van der Waals surface area contributed by atoms with E-state index in [1.54, 1.807) is 0 Å². The maximum atomic E-state index is 12.0. The Morgan fingerprint density at radius 1 is 1.10 bits per heavy atom. The molecule has 0 bridgehead atoms. The quantitative estimate of drug-likeness (QED) is 0.418. The van der Waals surface area contributed by atoms with E-state index in [1.807, 2.05) is 19.9 Å². The largest absolute Gasteiger partial charge is 0.356 e. The molecular formula is C18H33NO. The minimum atomic E-state index is 0.191. The second kappa shape index (κ2) is 13.0. The molecule has 1 atom stereocenters. The lowest BCUT2D eigenvalue weighted by molar-refractivity contribution is -0.121. The first kappa shape index (κ1) is 18.9. The van der Waals surface area contributed by atoms with Crippen LogP contribution in [0.25, 0.3) is 0 Å². The van der Waals surface area contributed by atoms with Crippen molar-refractivity contribution >= 4 is 5.91 Å². The maximum absolute atomic E-state index is 12.0. The molecule has 0 saturated heterocycles. The standard InChI is InChI=1S/C18H33NO/c1-5-9-10-11-12-14-19-18(20)15-17(8-4)16(7-3)13-6-2/h6-7,13,17H,5,8-12,14-15H2,1-4H3,(H,19,20). The van der Waals surface area contributed by atoms with Crippen molar-refractivity contribution in [1.82, 2.24) is 5.32 Å². The normalized spacial score (nSPS) is 13.7. The molecule has 2 nitrogen and oxygen atoms in total.